The molecule has 0 radical (unpaired) electrons. The summed E-state index contributed by atoms with van der Waals surface area (Å²) >= 11 is 14.0. The molecule has 1 aromatic rings. The average Bonchev–Trinajstić information content (AvgIpc) is 2.67. The lowest BCUT2D eigenvalue weighted by atomic mass is 10.0. The molecule has 0 aliphatic carbocycles. The summed E-state index contributed by atoms with van der Waals surface area (Å²) in [5.74, 6) is 1.11. The fraction of sp³-hybridized carbons (Fsp3) is 0.583. The standard InChI is InChI=1S/C12H16Br2ClNOS/c1-2-3-8(4-5-15)7-16-12(17)10-6-9(13)11(14)18-10/h6,8H,2-5,7H2,1H3,(H,16,17). The molecule has 18 heavy (non-hydrogen) atoms. The van der Waals surface area contributed by atoms with Crippen LogP contribution in [0.2, 0.25) is 0 Å². The van der Waals surface area contributed by atoms with Crippen molar-refractivity contribution in [3.05, 3.63) is 19.2 Å². The highest BCUT2D eigenvalue weighted by molar-refractivity contribution is 9.13. The van der Waals surface area contributed by atoms with Gasteiger partial charge in [0.15, 0.2) is 0 Å². The van der Waals surface area contributed by atoms with Crippen LogP contribution in [0.25, 0.3) is 0 Å². The lowest BCUT2D eigenvalue weighted by molar-refractivity contribution is 0.0950. The maximum absolute atomic E-state index is 11.9. The first kappa shape index (κ1) is 16.5. The Kier molecular flexibility index (Phi) is 7.84. The van der Waals surface area contributed by atoms with Crippen molar-refractivity contribution in [2.24, 2.45) is 5.92 Å². The number of nitrogens with one attached hydrogen (secondary N) is 1. The first-order valence-electron chi connectivity index (χ1n) is 5.87. The number of amides is 1. The van der Waals surface area contributed by atoms with Crippen molar-refractivity contribution in [2.75, 3.05) is 12.4 Å². The summed E-state index contributed by atoms with van der Waals surface area (Å²) in [5, 5.41) is 2.98. The van der Waals surface area contributed by atoms with Gasteiger partial charge in [-0.15, -0.1) is 22.9 Å². The van der Waals surface area contributed by atoms with Crippen molar-refractivity contribution in [1.82, 2.24) is 5.32 Å². The van der Waals surface area contributed by atoms with Crippen molar-refractivity contribution in [1.29, 1.82) is 0 Å². The fourth-order valence-electron chi connectivity index (χ4n) is 1.69. The molecule has 2 nitrogen and oxygen atoms in total. The van der Waals surface area contributed by atoms with Gasteiger partial charge in [-0.1, -0.05) is 13.3 Å². The number of carbonyl (C=O) groups is 1. The first-order valence-corrected chi connectivity index (χ1v) is 8.81. The van der Waals surface area contributed by atoms with Crippen LogP contribution < -0.4 is 5.32 Å². The number of hydrogen-bond acceptors (Lipinski definition) is 2. The van der Waals surface area contributed by atoms with Crippen LogP contribution in [0.4, 0.5) is 0 Å². The second kappa shape index (κ2) is 8.56. The van der Waals surface area contributed by atoms with Crippen molar-refractivity contribution < 1.29 is 4.79 Å². The van der Waals surface area contributed by atoms with Gasteiger partial charge in [-0.2, -0.15) is 0 Å². The Morgan fingerprint density at radius 3 is 2.72 bits per heavy atom. The van der Waals surface area contributed by atoms with Crippen molar-refractivity contribution in [3.8, 4) is 0 Å². The van der Waals surface area contributed by atoms with Crippen LogP contribution in [0.3, 0.4) is 0 Å². The Labute approximate surface area is 134 Å². The number of hydrogen-bond donors (Lipinski definition) is 1. The van der Waals surface area contributed by atoms with Gasteiger partial charge in [-0.3, -0.25) is 4.79 Å². The zero-order valence-corrected chi connectivity index (χ0v) is 14.9. The second-order valence-electron chi connectivity index (χ2n) is 4.07. The van der Waals surface area contributed by atoms with E-state index in [1.165, 1.54) is 11.3 Å². The summed E-state index contributed by atoms with van der Waals surface area (Å²) in [5.41, 5.74) is 0. The zero-order chi connectivity index (χ0) is 13.5. The van der Waals surface area contributed by atoms with Crippen LogP contribution in [-0.4, -0.2) is 18.3 Å². The number of carbonyl (C=O) groups excluding carboxylic acids is 1. The maximum Gasteiger partial charge on any atom is 0.261 e. The molecule has 0 bridgehead atoms. The highest BCUT2D eigenvalue weighted by Gasteiger charge is 2.14. The quantitative estimate of drug-likeness (QED) is 0.618. The van der Waals surface area contributed by atoms with E-state index < -0.39 is 0 Å². The smallest absolute Gasteiger partial charge is 0.261 e. The van der Waals surface area contributed by atoms with Crippen LogP contribution in [0.1, 0.15) is 35.9 Å². The number of alkyl halides is 1. The van der Waals surface area contributed by atoms with Crippen LogP contribution in [0.15, 0.2) is 14.3 Å². The Balaban J connectivity index is 2.48. The third-order valence-electron chi connectivity index (χ3n) is 2.63. The molecule has 1 N–H and O–H groups in total. The van der Waals surface area contributed by atoms with E-state index >= 15 is 0 Å². The molecule has 1 amide bonds. The van der Waals surface area contributed by atoms with Crippen LogP contribution in [0.5, 0.6) is 0 Å². The molecule has 102 valence electrons. The van der Waals surface area contributed by atoms with Gasteiger partial charge in [0.1, 0.15) is 0 Å². The van der Waals surface area contributed by atoms with E-state index in [1.54, 1.807) is 0 Å². The predicted octanol–water partition coefficient (Wildman–Crippen LogP) is 5.05. The molecule has 6 heteroatoms. The van der Waals surface area contributed by atoms with E-state index in [9.17, 15) is 4.79 Å². The molecule has 1 unspecified atom stereocenters. The molecule has 1 aromatic heterocycles. The van der Waals surface area contributed by atoms with Gasteiger partial charge < -0.3 is 5.32 Å². The first-order chi connectivity index (χ1) is 8.58. The molecular formula is C12H16Br2ClNOS. The molecule has 1 rings (SSSR count). The van der Waals surface area contributed by atoms with Gasteiger partial charge in [-0.05, 0) is 56.7 Å². The Morgan fingerprint density at radius 1 is 1.50 bits per heavy atom. The largest absolute Gasteiger partial charge is 0.351 e. The summed E-state index contributed by atoms with van der Waals surface area (Å²) in [6, 6.07) is 1.83. The van der Waals surface area contributed by atoms with Crippen molar-refractivity contribution >= 4 is 60.7 Å². The molecule has 0 fully saturated rings. The highest BCUT2D eigenvalue weighted by atomic mass is 79.9. The van der Waals surface area contributed by atoms with E-state index in [4.69, 9.17) is 11.6 Å². The third kappa shape index (κ3) is 5.19. The molecular weight excluding hydrogens is 401 g/mol. The van der Waals surface area contributed by atoms with E-state index in [0.29, 0.717) is 18.3 Å². The van der Waals surface area contributed by atoms with E-state index in [0.717, 1.165) is 32.4 Å². The molecule has 0 aliphatic rings. The molecule has 0 spiro atoms. The average molecular weight is 418 g/mol. The van der Waals surface area contributed by atoms with Gasteiger partial charge in [0.25, 0.3) is 5.91 Å². The number of thiophene rings is 1. The molecule has 0 aromatic carbocycles. The van der Waals surface area contributed by atoms with Crippen LogP contribution in [-0.2, 0) is 0 Å². The predicted molar refractivity (Wildman–Crippen MR) is 85.8 cm³/mol. The second-order valence-corrected chi connectivity index (χ2v) is 7.68. The van der Waals surface area contributed by atoms with Crippen molar-refractivity contribution in [2.45, 2.75) is 26.2 Å². The fourth-order valence-corrected chi connectivity index (χ4v) is 3.95. The number of halogens is 3. The lowest BCUT2D eigenvalue weighted by Gasteiger charge is -2.15. The lowest BCUT2D eigenvalue weighted by Crippen LogP contribution is -2.29. The van der Waals surface area contributed by atoms with Gasteiger partial charge in [0.05, 0.1) is 8.66 Å². The monoisotopic (exact) mass is 415 g/mol. The minimum atomic E-state index is -0.0120. The van der Waals surface area contributed by atoms with Gasteiger partial charge >= 0.3 is 0 Å². The summed E-state index contributed by atoms with van der Waals surface area (Å²) < 4.78 is 1.86. The van der Waals surface area contributed by atoms with Crippen molar-refractivity contribution in [3.63, 3.8) is 0 Å². The SMILES string of the molecule is CCCC(CCCl)CNC(=O)c1cc(Br)c(Br)s1. The highest BCUT2D eigenvalue weighted by Crippen LogP contribution is 2.32. The molecule has 0 saturated carbocycles. The minimum absolute atomic E-state index is 0.0120. The summed E-state index contributed by atoms with van der Waals surface area (Å²) in [6.07, 6.45) is 3.17. The van der Waals surface area contributed by atoms with E-state index in [2.05, 4.69) is 44.1 Å². The van der Waals surface area contributed by atoms with Gasteiger partial charge in [0.2, 0.25) is 0 Å². The van der Waals surface area contributed by atoms with Crippen LogP contribution >= 0.6 is 54.8 Å². The summed E-state index contributed by atoms with van der Waals surface area (Å²) in [4.78, 5) is 12.7. The topological polar surface area (TPSA) is 29.1 Å². The van der Waals surface area contributed by atoms with Gasteiger partial charge in [-0.25, -0.2) is 0 Å². The summed E-state index contributed by atoms with van der Waals surface area (Å²) in [6.45, 7) is 2.85. The summed E-state index contributed by atoms with van der Waals surface area (Å²) in [7, 11) is 0. The third-order valence-corrected chi connectivity index (χ3v) is 6.11. The number of rotatable bonds is 7. The zero-order valence-electron chi connectivity index (χ0n) is 10.1. The van der Waals surface area contributed by atoms with E-state index in [1.807, 2.05) is 6.07 Å². The molecule has 1 heterocycles. The molecule has 0 saturated heterocycles. The Bertz CT molecular complexity index is 372. The van der Waals surface area contributed by atoms with Gasteiger partial charge in [0, 0.05) is 16.9 Å². The Hall–Kier alpha value is 0.420. The molecule has 0 aliphatic heterocycles. The van der Waals surface area contributed by atoms with E-state index in [-0.39, 0.29) is 5.91 Å². The Morgan fingerprint density at radius 2 is 2.22 bits per heavy atom. The maximum atomic E-state index is 11.9. The molecule has 1 atom stereocenters. The minimum Gasteiger partial charge on any atom is -0.351 e. The van der Waals surface area contributed by atoms with Crippen LogP contribution in [0, 0.1) is 5.92 Å². The normalized spacial score (nSPS) is 12.4.